The van der Waals surface area contributed by atoms with Crippen molar-refractivity contribution in [2.24, 2.45) is 0 Å². The minimum Gasteiger partial charge on any atom is -0.481 e. The number of carbonyl (C=O) groups excluding carboxylic acids is 1. The van der Waals surface area contributed by atoms with Crippen LogP contribution in [0.4, 0.5) is 16.2 Å². The van der Waals surface area contributed by atoms with Gasteiger partial charge in [0.1, 0.15) is 0 Å². The van der Waals surface area contributed by atoms with Crippen molar-refractivity contribution in [3.63, 3.8) is 0 Å². The van der Waals surface area contributed by atoms with E-state index in [4.69, 9.17) is 0 Å². The average molecular weight is 536 g/mol. The molecule has 0 radical (unpaired) electrons. The number of nitrogens with zero attached hydrogens (tertiary/aromatic N) is 1. The van der Waals surface area contributed by atoms with Gasteiger partial charge in [-0.25, -0.2) is 4.79 Å². The molecule has 7 heteroatoms. The van der Waals surface area contributed by atoms with E-state index in [0.717, 1.165) is 53.6 Å². The number of amides is 2. The molecule has 0 aliphatic heterocycles. The lowest BCUT2D eigenvalue weighted by atomic mass is 9.76. The van der Waals surface area contributed by atoms with Crippen LogP contribution in [-0.2, 0) is 16.8 Å². The third-order valence-corrected chi connectivity index (χ3v) is 7.84. The average Bonchev–Trinajstić information content (AvgIpc) is 3.41. The summed E-state index contributed by atoms with van der Waals surface area (Å²) < 4.78 is 1.68. The first-order valence-electron chi connectivity index (χ1n) is 13.6. The highest BCUT2D eigenvalue weighted by Crippen LogP contribution is 2.43. The number of carboxylic acids is 1. The SMILES string of the molecule is Cc1ccccc1NC(=O)Nc1ccc(-c2cccn(Cc3ccc(C4(CC(=O)O)CCCC4)cc3)c2=O)cc1. The first kappa shape index (κ1) is 26.9. The van der Waals surface area contributed by atoms with Gasteiger partial charge in [-0.1, -0.05) is 67.4 Å². The second-order valence-corrected chi connectivity index (χ2v) is 10.6. The topological polar surface area (TPSA) is 100 Å². The Balaban J connectivity index is 1.27. The number of hydrogen-bond acceptors (Lipinski definition) is 3. The van der Waals surface area contributed by atoms with Crippen LogP contribution in [0, 0.1) is 6.92 Å². The van der Waals surface area contributed by atoms with Gasteiger partial charge in [-0.05, 0) is 72.4 Å². The molecule has 4 aromatic rings. The van der Waals surface area contributed by atoms with Crippen molar-refractivity contribution in [3.8, 4) is 11.1 Å². The summed E-state index contributed by atoms with van der Waals surface area (Å²) in [6, 6.07) is 26.1. The van der Waals surface area contributed by atoms with Crippen LogP contribution in [-0.4, -0.2) is 21.7 Å². The maximum absolute atomic E-state index is 13.3. The molecule has 204 valence electrons. The Bertz CT molecular complexity index is 1570. The zero-order valence-electron chi connectivity index (χ0n) is 22.5. The molecule has 1 saturated carbocycles. The van der Waals surface area contributed by atoms with E-state index in [1.165, 1.54) is 0 Å². The van der Waals surface area contributed by atoms with Crippen molar-refractivity contribution in [1.82, 2.24) is 4.57 Å². The van der Waals surface area contributed by atoms with Crippen LogP contribution in [0.5, 0.6) is 0 Å². The van der Waals surface area contributed by atoms with Crippen LogP contribution in [0.1, 0.15) is 48.8 Å². The fraction of sp³-hybridized carbons (Fsp3) is 0.242. The zero-order chi connectivity index (χ0) is 28.1. The van der Waals surface area contributed by atoms with Gasteiger partial charge in [-0.3, -0.25) is 9.59 Å². The second-order valence-electron chi connectivity index (χ2n) is 10.6. The lowest BCUT2D eigenvalue weighted by Gasteiger charge is -2.28. The molecular weight excluding hydrogens is 502 g/mol. The summed E-state index contributed by atoms with van der Waals surface area (Å²) in [6.45, 7) is 2.34. The van der Waals surface area contributed by atoms with Gasteiger partial charge in [-0.15, -0.1) is 0 Å². The molecule has 2 amide bonds. The third kappa shape index (κ3) is 5.99. The number of nitrogens with one attached hydrogen (secondary N) is 2. The molecular formula is C33H33N3O4. The molecule has 0 saturated heterocycles. The molecule has 7 nitrogen and oxygen atoms in total. The lowest BCUT2D eigenvalue weighted by molar-refractivity contribution is -0.138. The van der Waals surface area contributed by atoms with Crippen LogP contribution in [0.15, 0.2) is 95.9 Å². The Morgan fingerprint density at radius 2 is 1.57 bits per heavy atom. The summed E-state index contributed by atoms with van der Waals surface area (Å²) in [5, 5.41) is 15.1. The van der Waals surface area contributed by atoms with Crippen LogP contribution >= 0.6 is 0 Å². The highest BCUT2D eigenvalue weighted by molar-refractivity contribution is 6.00. The van der Waals surface area contributed by atoms with Crippen molar-refractivity contribution < 1.29 is 14.7 Å². The van der Waals surface area contributed by atoms with Gasteiger partial charge in [0.15, 0.2) is 0 Å². The Labute approximate surface area is 233 Å². The summed E-state index contributed by atoms with van der Waals surface area (Å²) >= 11 is 0. The molecule has 5 rings (SSSR count). The normalized spacial score (nSPS) is 14.0. The number of anilines is 2. The first-order chi connectivity index (χ1) is 19.3. The number of rotatable bonds is 8. The fourth-order valence-corrected chi connectivity index (χ4v) is 5.68. The van der Waals surface area contributed by atoms with Crippen molar-refractivity contribution in [2.45, 2.75) is 51.0 Å². The number of carboxylic acid groups (broad SMARTS) is 1. The van der Waals surface area contributed by atoms with E-state index in [0.29, 0.717) is 17.8 Å². The van der Waals surface area contributed by atoms with Gasteiger partial charge in [0, 0.05) is 28.6 Å². The molecule has 1 heterocycles. The molecule has 1 aromatic heterocycles. The van der Waals surface area contributed by atoms with E-state index < -0.39 is 5.97 Å². The molecule has 0 unspecified atom stereocenters. The maximum Gasteiger partial charge on any atom is 0.323 e. The van der Waals surface area contributed by atoms with E-state index >= 15 is 0 Å². The molecule has 1 fully saturated rings. The number of pyridine rings is 1. The van der Waals surface area contributed by atoms with Crippen molar-refractivity contribution in [2.75, 3.05) is 10.6 Å². The highest BCUT2D eigenvalue weighted by atomic mass is 16.4. The number of aromatic nitrogens is 1. The summed E-state index contributed by atoms with van der Waals surface area (Å²) in [5.41, 5.74) is 5.32. The zero-order valence-corrected chi connectivity index (χ0v) is 22.5. The number of hydrogen-bond donors (Lipinski definition) is 3. The number of aryl methyl sites for hydroxylation is 1. The number of urea groups is 1. The third-order valence-electron chi connectivity index (χ3n) is 7.84. The quantitative estimate of drug-likeness (QED) is 0.231. The molecule has 1 aliphatic rings. The van der Waals surface area contributed by atoms with Crippen LogP contribution in [0.25, 0.3) is 11.1 Å². The molecule has 40 heavy (non-hydrogen) atoms. The molecule has 3 N–H and O–H groups in total. The number of carbonyl (C=O) groups is 2. The minimum atomic E-state index is -0.760. The predicted molar refractivity (Wildman–Crippen MR) is 158 cm³/mol. The van der Waals surface area contributed by atoms with E-state index in [-0.39, 0.29) is 23.4 Å². The summed E-state index contributed by atoms with van der Waals surface area (Å²) in [7, 11) is 0. The Kier molecular flexibility index (Phi) is 7.82. The molecule has 3 aromatic carbocycles. The van der Waals surface area contributed by atoms with Crippen LogP contribution < -0.4 is 16.2 Å². The van der Waals surface area contributed by atoms with Crippen molar-refractivity contribution in [1.29, 1.82) is 0 Å². The molecule has 1 aliphatic carbocycles. The second kappa shape index (κ2) is 11.6. The van der Waals surface area contributed by atoms with Gasteiger partial charge in [0.05, 0.1) is 13.0 Å². The van der Waals surface area contributed by atoms with Crippen LogP contribution in [0.2, 0.25) is 0 Å². The standard InChI is InChI=1S/C33H33N3O4/c1-23-7-2-3-9-29(23)35-32(40)34-27-16-12-25(13-17-27)28-8-6-20-36(31(28)39)22-24-10-14-26(15-11-24)33(21-30(37)38)18-4-5-19-33/h2-3,6-17,20H,4-5,18-19,21-22H2,1H3,(H,37,38)(H2,34,35,40). The fourth-order valence-electron chi connectivity index (χ4n) is 5.68. The Hall–Kier alpha value is -4.65. The van der Waals surface area contributed by atoms with Gasteiger partial charge in [-0.2, -0.15) is 0 Å². The number of aliphatic carboxylic acids is 1. The van der Waals surface area contributed by atoms with Gasteiger partial charge < -0.3 is 20.3 Å². The number of para-hydroxylation sites is 1. The number of benzene rings is 3. The van der Waals surface area contributed by atoms with E-state index in [1.54, 1.807) is 29.0 Å². The summed E-state index contributed by atoms with van der Waals surface area (Å²) in [5.74, 6) is -0.760. The first-order valence-corrected chi connectivity index (χ1v) is 13.6. The van der Waals surface area contributed by atoms with Gasteiger partial charge >= 0.3 is 12.0 Å². The van der Waals surface area contributed by atoms with Crippen LogP contribution in [0.3, 0.4) is 0 Å². The molecule has 0 spiro atoms. The van der Waals surface area contributed by atoms with E-state index in [1.807, 2.05) is 73.7 Å². The van der Waals surface area contributed by atoms with E-state index in [9.17, 15) is 19.5 Å². The largest absolute Gasteiger partial charge is 0.481 e. The van der Waals surface area contributed by atoms with Crippen molar-refractivity contribution in [3.05, 3.63) is 118 Å². The van der Waals surface area contributed by atoms with E-state index in [2.05, 4.69) is 10.6 Å². The lowest BCUT2D eigenvalue weighted by Crippen LogP contribution is -2.26. The Morgan fingerprint density at radius 3 is 2.25 bits per heavy atom. The Morgan fingerprint density at radius 1 is 0.875 bits per heavy atom. The van der Waals surface area contributed by atoms with Gasteiger partial charge in [0.2, 0.25) is 0 Å². The molecule has 0 atom stereocenters. The smallest absolute Gasteiger partial charge is 0.323 e. The maximum atomic E-state index is 13.3. The summed E-state index contributed by atoms with van der Waals surface area (Å²) in [6.07, 6.45) is 5.81. The highest BCUT2D eigenvalue weighted by Gasteiger charge is 2.37. The van der Waals surface area contributed by atoms with Crippen molar-refractivity contribution >= 4 is 23.4 Å². The monoisotopic (exact) mass is 535 g/mol. The molecule has 0 bridgehead atoms. The predicted octanol–water partition coefficient (Wildman–Crippen LogP) is 6.80. The van der Waals surface area contributed by atoms with Gasteiger partial charge in [0.25, 0.3) is 5.56 Å². The minimum absolute atomic E-state index is 0.109. The summed E-state index contributed by atoms with van der Waals surface area (Å²) in [4.78, 5) is 37.3.